The molecule has 0 saturated carbocycles. The average Bonchev–Trinajstić information content (AvgIpc) is 3.75. The van der Waals surface area contributed by atoms with Gasteiger partial charge in [0.1, 0.15) is 34.8 Å². The van der Waals surface area contributed by atoms with Crippen molar-refractivity contribution in [2.45, 2.75) is 59.6 Å². The van der Waals surface area contributed by atoms with Crippen LogP contribution in [0, 0.1) is 20.8 Å². The molecule has 0 saturated heterocycles. The minimum atomic E-state index is -0.571. The summed E-state index contributed by atoms with van der Waals surface area (Å²) in [6.45, 7) is 18.5. The number of benzene rings is 2. The van der Waals surface area contributed by atoms with Gasteiger partial charge in [-0.05, 0) is 83.5 Å². The molecule has 17 nitrogen and oxygen atoms in total. The van der Waals surface area contributed by atoms with Crippen molar-refractivity contribution in [1.29, 1.82) is 0 Å². The molecule has 2 aromatic carbocycles. The number of hydrogen-bond acceptors (Lipinski definition) is 15. The van der Waals surface area contributed by atoms with Crippen LogP contribution in [0.15, 0.2) is 53.5 Å². The predicted octanol–water partition coefficient (Wildman–Crippen LogP) is 6.85. The highest BCUT2D eigenvalue weighted by atomic mass is 35.5. The minimum Gasteiger partial charge on any atom is -0.491 e. The van der Waals surface area contributed by atoms with Crippen molar-refractivity contribution in [3.8, 4) is 10.8 Å². The lowest BCUT2D eigenvalue weighted by atomic mass is 9.99. The number of thiophene rings is 1. The molecule has 356 valence electrons. The number of halogens is 1. The minimum absolute atomic E-state index is 0.0691. The number of aromatic nitrogens is 3. The molecule has 2 N–H and O–H groups in total. The Morgan fingerprint density at radius 2 is 1.23 bits per heavy atom. The van der Waals surface area contributed by atoms with Crippen LogP contribution in [0.4, 0.5) is 10.5 Å². The fourth-order valence-corrected chi connectivity index (χ4v) is 7.67. The Morgan fingerprint density at radius 1 is 0.708 bits per heavy atom. The highest BCUT2D eigenvalue weighted by molar-refractivity contribution is 7.15. The van der Waals surface area contributed by atoms with Gasteiger partial charge in [0, 0.05) is 33.3 Å². The first-order valence-electron chi connectivity index (χ1n) is 21.8. The van der Waals surface area contributed by atoms with Gasteiger partial charge in [-0.1, -0.05) is 23.7 Å². The number of carbonyl (C=O) groups excluding carboxylic acids is 2. The van der Waals surface area contributed by atoms with E-state index in [1.807, 2.05) is 56.5 Å². The Bertz CT molecular complexity index is 2090. The number of nitrogens with one attached hydrogen (secondary N) is 2. The van der Waals surface area contributed by atoms with E-state index in [4.69, 9.17) is 59.2 Å². The molecule has 0 bridgehead atoms. The zero-order valence-electron chi connectivity index (χ0n) is 38.3. The molecule has 0 fully saturated rings. The molecule has 4 aromatic rings. The zero-order valence-corrected chi connectivity index (χ0v) is 39.9. The number of alkyl carbamates (subject to hydrolysis) is 1. The zero-order chi connectivity index (χ0) is 46.4. The SMILES string of the molecule is Cc1sc2c(c1C)C(c1ccc(Cl)cc1)=N[C@@H](CC(=O)Nc1ccc(OCCOCCOCCOCCOCCOCCOCCOCCNC(=O)OC(C)(C)C)cc1)c1nnc(C)n1-2. The summed E-state index contributed by atoms with van der Waals surface area (Å²) >= 11 is 7.91. The van der Waals surface area contributed by atoms with Crippen LogP contribution in [0.1, 0.15) is 66.5 Å². The van der Waals surface area contributed by atoms with Crippen LogP contribution in [-0.4, -0.2) is 144 Å². The summed E-state index contributed by atoms with van der Waals surface area (Å²) in [7, 11) is 0. The maximum Gasteiger partial charge on any atom is 0.407 e. The fourth-order valence-electron chi connectivity index (χ4n) is 6.33. The third-order valence-electron chi connectivity index (χ3n) is 9.52. The standard InChI is InChI=1S/C46H63ClN6O11S/c1-32-33(2)65-44-41(32)42(35-7-9-36(47)10-8-35)50-39(43-52-51-34(3)53(43)44)31-40(54)49-37-11-13-38(14-12-37)63-30-29-62-28-27-61-26-25-60-24-23-59-22-21-58-20-19-57-18-17-56-16-15-48-45(55)64-46(4,5)6/h7-14,39H,15-31H2,1-6H3,(H,48,55)(H,49,54)/t39-/m0/s1. The van der Waals surface area contributed by atoms with Crippen molar-refractivity contribution in [2.75, 3.05) is 111 Å². The van der Waals surface area contributed by atoms with Gasteiger partial charge >= 0.3 is 6.09 Å². The van der Waals surface area contributed by atoms with Gasteiger partial charge in [-0.2, -0.15) is 0 Å². The van der Waals surface area contributed by atoms with Crippen molar-refractivity contribution in [2.24, 2.45) is 4.99 Å². The number of aryl methyl sites for hydroxylation is 2. The van der Waals surface area contributed by atoms with E-state index < -0.39 is 17.7 Å². The van der Waals surface area contributed by atoms with Crippen LogP contribution in [-0.2, 0) is 42.7 Å². The second kappa shape index (κ2) is 27.2. The van der Waals surface area contributed by atoms with Gasteiger partial charge in [-0.3, -0.25) is 14.4 Å². The molecular formula is C46H63ClN6O11S. The van der Waals surface area contributed by atoms with E-state index in [1.54, 1.807) is 35.6 Å². The number of ether oxygens (including phenoxy) is 9. The highest BCUT2D eigenvalue weighted by Gasteiger charge is 2.32. The number of nitrogens with zero attached hydrogens (tertiary/aromatic N) is 4. The number of amides is 2. The quantitative estimate of drug-likeness (QED) is 0.0540. The van der Waals surface area contributed by atoms with E-state index in [2.05, 4.69) is 34.7 Å². The van der Waals surface area contributed by atoms with Crippen molar-refractivity contribution in [1.82, 2.24) is 20.1 Å². The Hall–Kier alpha value is -4.50. The first kappa shape index (κ1) is 51.5. The Morgan fingerprint density at radius 3 is 1.77 bits per heavy atom. The molecular weight excluding hydrogens is 880 g/mol. The molecule has 5 rings (SSSR count). The molecule has 1 aliphatic rings. The van der Waals surface area contributed by atoms with E-state index in [-0.39, 0.29) is 12.3 Å². The number of hydrogen-bond donors (Lipinski definition) is 2. The van der Waals surface area contributed by atoms with Crippen LogP contribution in [0.5, 0.6) is 5.75 Å². The van der Waals surface area contributed by atoms with Gasteiger partial charge in [0.25, 0.3) is 0 Å². The van der Waals surface area contributed by atoms with Crippen molar-refractivity contribution in [3.05, 3.63) is 86.8 Å². The lowest BCUT2D eigenvalue weighted by Crippen LogP contribution is -2.34. The number of carbonyl (C=O) groups is 2. The van der Waals surface area contributed by atoms with E-state index in [1.165, 1.54) is 4.88 Å². The number of aliphatic imine (C=N–C) groups is 1. The van der Waals surface area contributed by atoms with Crippen LogP contribution in [0.3, 0.4) is 0 Å². The lowest BCUT2D eigenvalue weighted by molar-refractivity contribution is -0.116. The Labute approximate surface area is 390 Å². The maximum absolute atomic E-state index is 13.5. The van der Waals surface area contributed by atoms with Gasteiger partial charge in [-0.25, -0.2) is 4.79 Å². The van der Waals surface area contributed by atoms with Crippen LogP contribution in [0.25, 0.3) is 5.00 Å². The van der Waals surface area contributed by atoms with Crippen molar-refractivity contribution >= 4 is 46.3 Å². The van der Waals surface area contributed by atoms with Crippen LogP contribution >= 0.6 is 22.9 Å². The smallest absolute Gasteiger partial charge is 0.407 e. The molecule has 3 heterocycles. The predicted molar refractivity (Wildman–Crippen MR) is 248 cm³/mol. The van der Waals surface area contributed by atoms with Gasteiger partial charge in [0.2, 0.25) is 5.91 Å². The molecule has 0 aliphatic carbocycles. The van der Waals surface area contributed by atoms with Crippen molar-refractivity contribution in [3.63, 3.8) is 0 Å². The summed E-state index contributed by atoms with van der Waals surface area (Å²) in [6, 6.07) is 14.3. The summed E-state index contributed by atoms with van der Waals surface area (Å²) in [4.78, 5) is 31.4. The van der Waals surface area contributed by atoms with E-state index >= 15 is 0 Å². The molecule has 1 aliphatic heterocycles. The molecule has 65 heavy (non-hydrogen) atoms. The molecule has 0 radical (unpaired) electrons. The van der Waals surface area contributed by atoms with E-state index in [9.17, 15) is 9.59 Å². The lowest BCUT2D eigenvalue weighted by Gasteiger charge is -2.19. The fraction of sp³-hybridized carbons (Fsp3) is 0.543. The second-order valence-corrected chi connectivity index (χ2v) is 17.4. The van der Waals surface area contributed by atoms with Gasteiger partial charge in [0.05, 0.1) is 105 Å². The Kier molecular flexibility index (Phi) is 21.6. The van der Waals surface area contributed by atoms with Crippen LogP contribution in [0.2, 0.25) is 5.02 Å². The van der Waals surface area contributed by atoms with Crippen LogP contribution < -0.4 is 15.4 Å². The summed E-state index contributed by atoms with van der Waals surface area (Å²) in [6.07, 6.45) is -0.391. The van der Waals surface area contributed by atoms with Crippen molar-refractivity contribution < 1.29 is 52.2 Å². The maximum atomic E-state index is 13.5. The Balaban J connectivity index is 0.853. The summed E-state index contributed by atoms with van der Waals surface area (Å²) in [5.74, 6) is 1.81. The third kappa shape index (κ3) is 17.7. The monoisotopic (exact) mass is 942 g/mol. The second-order valence-electron chi connectivity index (χ2n) is 15.7. The molecule has 1 atom stereocenters. The van der Waals surface area contributed by atoms with E-state index in [0.29, 0.717) is 128 Å². The summed E-state index contributed by atoms with van der Waals surface area (Å²) in [5.41, 5.74) is 3.97. The topological polar surface area (TPSA) is 184 Å². The molecule has 0 unspecified atom stereocenters. The number of rotatable bonds is 29. The summed E-state index contributed by atoms with van der Waals surface area (Å²) < 4.78 is 51.6. The average molecular weight is 944 g/mol. The molecule has 2 amide bonds. The first-order valence-corrected chi connectivity index (χ1v) is 23.0. The third-order valence-corrected chi connectivity index (χ3v) is 11.0. The molecule has 2 aromatic heterocycles. The highest BCUT2D eigenvalue weighted by Crippen LogP contribution is 2.39. The number of fused-ring (bicyclic) bond motifs is 3. The normalized spacial score (nSPS) is 13.5. The van der Waals surface area contributed by atoms with Gasteiger partial charge in [-0.15, -0.1) is 21.5 Å². The number of anilines is 1. The molecule has 0 spiro atoms. The summed E-state index contributed by atoms with van der Waals surface area (Å²) in [5, 5.41) is 16.1. The molecule has 19 heteroatoms. The first-order chi connectivity index (χ1) is 31.4. The van der Waals surface area contributed by atoms with E-state index in [0.717, 1.165) is 33.2 Å². The largest absolute Gasteiger partial charge is 0.491 e. The van der Waals surface area contributed by atoms with Gasteiger partial charge < -0.3 is 53.3 Å². The van der Waals surface area contributed by atoms with Gasteiger partial charge in [0.15, 0.2) is 5.82 Å².